The SMILES string of the molecule is CCCC[NH+](CCCC)CCCC.Fc1c(F)c(F)[c]([Al-]([c]2c(F)c(F)c(F)c(F)c2F)([c]2c(F)c(F)c(F)c(F)c2F)[c]2c(F)c(F)c(F)c(F)c2F)c(F)c1F. The van der Waals surface area contributed by atoms with Gasteiger partial charge >= 0.3 is 13.1 Å². The second-order valence-electron chi connectivity index (χ2n) is 12.9. The molecule has 0 saturated carbocycles. The first-order valence-corrected chi connectivity index (χ1v) is 19.4. The summed E-state index contributed by atoms with van der Waals surface area (Å²) >= 11 is -9.08. The van der Waals surface area contributed by atoms with Gasteiger partial charge in [-0.1, -0.05) is 40.0 Å². The van der Waals surface area contributed by atoms with E-state index in [4.69, 9.17) is 0 Å². The summed E-state index contributed by atoms with van der Waals surface area (Å²) in [4.78, 5) is 1.84. The molecule has 0 fully saturated rings. The van der Waals surface area contributed by atoms with Crippen LogP contribution in [0.1, 0.15) is 59.3 Å². The molecule has 320 valence electrons. The first-order valence-electron chi connectivity index (χ1n) is 17.1. The zero-order valence-corrected chi connectivity index (χ0v) is 31.2. The van der Waals surface area contributed by atoms with E-state index in [1.807, 2.05) is 4.90 Å². The van der Waals surface area contributed by atoms with Crippen molar-refractivity contribution in [3.8, 4) is 0 Å². The van der Waals surface area contributed by atoms with Crippen molar-refractivity contribution in [1.82, 2.24) is 0 Å². The number of unbranched alkanes of at least 4 members (excludes halogenated alkanes) is 3. The van der Waals surface area contributed by atoms with Crippen LogP contribution in [0.3, 0.4) is 0 Å². The Morgan fingerprint density at radius 3 is 0.534 bits per heavy atom. The van der Waals surface area contributed by atoms with Crippen molar-refractivity contribution in [2.24, 2.45) is 0 Å². The van der Waals surface area contributed by atoms with Crippen LogP contribution in [0.5, 0.6) is 0 Å². The summed E-state index contributed by atoms with van der Waals surface area (Å²) in [5.74, 6) is -70.8. The lowest BCUT2D eigenvalue weighted by Crippen LogP contribution is -3.12. The standard InChI is InChI=1S/C12H27N.4C6F5.Al/c1-4-7-10-13(11-8-5-2)12-9-6-3;4*7-2-1-3(8)5(10)6(11)4(2)9;/h4-12H2,1-3H3;;;;;/q;;;;;-1/p+1. The van der Waals surface area contributed by atoms with E-state index in [0.717, 1.165) is 0 Å². The molecular weight excluding hydrogens is 853 g/mol. The third kappa shape index (κ3) is 8.25. The fourth-order valence-electron chi connectivity index (χ4n) is 6.53. The quantitative estimate of drug-likeness (QED) is 0.0600. The van der Waals surface area contributed by atoms with E-state index in [0.29, 0.717) is 0 Å². The van der Waals surface area contributed by atoms with Crippen LogP contribution in [0.15, 0.2) is 0 Å². The molecule has 0 aliphatic rings. The maximum atomic E-state index is 15.4. The van der Waals surface area contributed by atoms with Gasteiger partial charge in [0.2, 0.25) is 0 Å². The van der Waals surface area contributed by atoms with Crippen molar-refractivity contribution in [3.63, 3.8) is 0 Å². The van der Waals surface area contributed by atoms with E-state index >= 15 is 35.1 Å². The van der Waals surface area contributed by atoms with E-state index in [9.17, 15) is 52.7 Å². The first kappa shape index (κ1) is 48.3. The van der Waals surface area contributed by atoms with Crippen LogP contribution in [0.2, 0.25) is 0 Å². The Balaban J connectivity index is 0.000000594. The molecular formula is C36H28AlF20N. The molecule has 0 heterocycles. The molecule has 0 spiro atoms. The lowest BCUT2D eigenvalue weighted by molar-refractivity contribution is -0.900. The zero-order chi connectivity index (χ0) is 44.3. The fraction of sp³-hybridized carbons (Fsp3) is 0.333. The lowest BCUT2D eigenvalue weighted by Gasteiger charge is -2.42. The van der Waals surface area contributed by atoms with Gasteiger partial charge in [-0.3, -0.25) is 0 Å². The highest BCUT2D eigenvalue weighted by Gasteiger charge is 2.55. The van der Waals surface area contributed by atoms with Gasteiger partial charge in [-0.05, 0) is 19.3 Å². The van der Waals surface area contributed by atoms with Gasteiger partial charge in [0.05, 0.1) is 19.6 Å². The molecule has 1 N–H and O–H groups in total. The van der Waals surface area contributed by atoms with E-state index < -0.39 is 147 Å². The molecule has 1 nitrogen and oxygen atoms in total. The highest BCUT2D eigenvalue weighted by atomic mass is 27.2. The van der Waals surface area contributed by atoms with Gasteiger partial charge in [0, 0.05) is 0 Å². The van der Waals surface area contributed by atoms with Gasteiger partial charge in [0.1, 0.15) is 46.5 Å². The Morgan fingerprint density at radius 1 is 0.259 bits per heavy atom. The fourth-order valence-corrected chi connectivity index (χ4v) is 12.3. The van der Waals surface area contributed by atoms with Gasteiger partial charge in [-0.15, -0.1) is 17.7 Å². The highest BCUT2D eigenvalue weighted by molar-refractivity contribution is 7.20. The normalized spacial score (nSPS) is 11.8. The number of halogens is 20. The average molecular weight is 882 g/mol. The Kier molecular flexibility index (Phi) is 16.1. The van der Waals surface area contributed by atoms with Crippen LogP contribution in [-0.4, -0.2) is 32.7 Å². The molecule has 4 rings (SSSR count). The minimum absolute atomic E-state index is 1.35. The molecule has 0 aliphatic carbocycles. The van der Waals surface area contributed by atoms with Crippen molar-refractivity contribution < 1.29 is 92.7 Å². The summed E-state index contributed by atoms with van der Waals surface area (Å²) in [6, 6.07) is 0. The second-order valence-corrected chi connectivity index (χ2v) is 16.9. The Labute approximate surface area is 318 Å². The number of nitrogens with one attached hydrogen (secondary N) is 1. The molecule has 0 unspecified atom stereocenters. The summed E-state index contributed by atoms with van der Waals surface area (Å²) in [7, 11) is 0. The number of quaternary nitrogens is 1. The lowest BCUT2D eigenvalue weighted by atomic mass is 10.2. The van der Waals surface area contributed by atoms with Crippen LogP contribution in [0.4, 0.5) is 87.8 Å². The third-order valence-electron chi connectivity index (χ3n) is 9.36. The summed E-state index contributed by atoms with van der Waals surface area (Å²) in [5.41, 5.74) is 0. The third-order valence-corrected chi connectivity index (χ3v) is 14.9. The molecule has 0 bridgehead atoms. The van der Waals surface area contributed by atoms with Gasteiger partial charge in [-0.25, -0.2) is 87.8 Å². The molecule has 4 aromatic rings. The first-order chi connectivity index (χ1) is 27.0. The molecule has 0 amide bonds. The Morgan fingerprint density at radius 2 is 0.397 bits per heavy atom. The second kappa shape index (κ2) is 19.4. The molecule has 0 aliphatic heterocycles. The van der Waals surface area contributed by atoms with Crippen molar-refractivity contribution in [2.75, 3.05) is 19.6 Å². The topological polar surface area (TPSA) is 4.44 Å². The Hall–Kier alpha value is -4.03. The van der Waals surface area contributed by atoms with Crippen LogP contribution in [0, 0.1) is 116 Å². The van der Waals surface area contributed by atoms with E-state index in [1.165, 1.54) is 58.2 Å². The molecule has 0 saturated heterocycles. The molecule has 0 aromatic heterocycles. The minimum Gasteiger partial charge on any atom is -0.335 e. The number of hydrogen-bond donors (Lipinski definition) is 1. The molecule has 0 atom stereocenters. The van der Waals surface area contributed by atoms with Crippen molar-refractivity contribution >= 4 is 30.8 Å². The summed E-state index contributed by atoms with van der Waals surface area (Å²) < 4.78 is 280. The van der Waals surface area contributed by atoms with Gasteiger partial charge < -0.3 is 4.90 Å². The van der Waals surface area contributed by atoms with Crippen molar-refractivity contribution in [3.05, 3.63) is 116 Å². The van der Waals surface area contributed by atoms with Crippen LogP contribution >= 0.6 is 0 Å². The molecule has 22 heteroatoms. The summed E-state index contributed by atoms with van der Waals surface area (Å²) in [6.07, 6.45) is 8.26. The largest absolute Gasteiger partial charge is 0.335 e. The maximum absolute atomic E-state index is 15.4. The van der Waals surface area contributed by atoms with Gasteiger partial charge in [0.15, 0.2) is 69.8 Å². The predicted molar refractivity (Wildman–Crippen MR) is 170 cm³/mol. The number of hydrogen-bond acceptors (Lipinski definition) is 0. The Bertz CT molecular complexity index is 1770. The molecule has 4 aromatic carbocycles. The number of benzene rings is 4. The highest BCUT2D eigenvalue weighted by Crippen LogP contribution is 2.30. The van der Waals surface area contributed by atoms with E-state index in [1.54, 1.807) is 0 Å². The molecule has 0 radical (unpaired) electrons. The van der Waals surface area contributed by atoms with Gasteiger partial charge in [-0.2, -0.15) is 0 Å². The van der Waals surface area contributed by atoms with E-state index in [-0.39, 0.29) is 0 Å². The minimum atomic E-state index is -9.08. The van der Waals surface area contributed by atoms with Gasteiger partial charge in [0.25, 0.3) is 0 Å². The van der Waals surface area contributed by atoms with Crippen LogP contribution in [0.25, 0.3) is 0 Å². The zero-order valence-electron chi connectivity index (χ0n) is 30.0. The average Bonchev–Trinajstić information content (AvgIpc) is 3.20. The maximum Gasteiger partial charge on any atom is 0.300 e. The van der Waals surface area contributed by atoms with Crippen LogP contribution < -0.4 is 22.6 Å². The summed E-state index contributed by atoms with van der Waals surface area (Å²) in [6.45, 7) is 11.1. The summed E-state index contributed by atoms with van der Waals surface area (Å²) in [5, 5.41) is 0. The monoisotopic (exact) mass is 881 g/mol. The van der Waals surface area contributed by atoms with Crippen molar-refractivity contribution in [1.29, 1.82) is 0 Å². The van der Waals surface area contributed by atoms with E-state index in [2.05, 4.69) is 20.8 Å². The van der Waals surface area contributed by atoms with Crippen LogP contribution in [-0.2, 0) is 0 Å². The van der Waals surface area contributed by atoms with Crippen molar-refractivity contribution in [2.45, 2.75) is 59.3 Å². The molecule has 58 heavy (non-hydrogen) atoms. The smallest absolute Gasteiger partial charge is 0.300 e. The number of rotatable bonds is 13. The predicted octanol–water partition coefficient (Wildman–Crippen LogP) is 8.12.